The molecule has 1 heterocycles. The van der Waals surface area contributed by atoms with Gasteiger partial charge in [-0.1, -0.05) is 0 Å². The van der Waals surface area contributed by atoms with Gasteiger partial charge in [0.25, 0.3) is 0 Å². The highest BCUT2D eigenvalue weighted by Crippen LogP contribution is 2.18. The molecule has 1 aromatic heterocycles. The molecule has 0 atom stereocenters. The van der Waals surface area contributed by atoms with Gasteiger partial charge in [0, 0.05) is 19.7 Å². The monoisotopic (exact) mass is 315 g/mol. The fraction of sp³-hybridized carbons (Fsp3) is 0.364. The van der Waals surface area contributed by atoms with E-state index >= 15 is 0 Å². The molecule has 0 radical (unpaired) electrons. The van der Waals surface area contributed by atoms with Crippen molar-refractivity contribution in [2.24, 2.45) is 0 Å². The predicted octanol–water partition coefficient (Wildman–Crippen LogP) is 1.11. The van der Waals surface area contributed by atoms with Gasteiger partial charge in [-0.05, 0) is 28.4 Å². The second-order valence-corrected chi connectivity index (χ2v) is 4.36. The van der Waals surface area contributed by atoms with Crippen molar-refractivity contribution in [3.05, 3.63) is 22.3 Å². The standard InChI is InChI=1S/C11H14BrN3O3/c1-14-10(16)3-2-4-18-11(17)7-5-9(13)15-6-8(7)12/h5-6H,2-4H2,1H3,(H2,13,15)(H,14,16). The molecule has 1 amide bonds. The number of nitrogen functional groups attached to an aromatic ring is 1. The summed E-state index contributed by atoms with van der Waals surface area (Å²) >= 11 is 3.19. The van der Waals surface area contributed by atoms with Crippen LogP contribution in [-0.4, -0.2) is 30.5 Å². The molecular formula is C11H14BrN3O3. The van der Waals surface area contributed by atoms with Crippen LogP contribution in [0.4, 0.5) is 5.82 Å². The molecule has 1 aromatic rings. The largest absolute Gasteiger partial charge is 0.462 e. The molecule has 1 rings (SSSR count). The van der Waals surface area contributed by atoms with E-state index in [0.29, 0.717) is 22.9 Å². The Labute approximate surface area is 113 Å². The first-order valence-electron chi connectivity index (χ1n) is 5.33. The molecule has 0 bridgehead atoms. The topological polar surface area (TPSA) is 94.3 Å². The van der Waals surface area contributed by atoms with Crippen LogP contribution in [0, 0.1) is 0 Å². The molecule has 0 aliphatic heterocycles. The van der Waals surface area contributed by atoms with Crippen molar-refractivity contribution >= 4 is 33.6 Å². The summed E-state index contributed by atoms with van der Waals surface area (Å²) in [5.41, 5.74) is 5.81. The van der Waals surface area contributed by atoms with E-state index in [9.17, 15) is 9.59 Å². The molecule has 0 unspecified atom stereocenters. The molecule has 0 saturated heterocycles. The van der Waals surface area contributed by atoms with Crippen LogP contribution in [0.15, 0.2) is 16.7 Å². The van der Waals surface area contributed by atoms with Crippen molar-refractivity contribution in [2.75, 3.05) is 19.4 Å². The fourth-order valence-corrected chi connectivity index (χ4v) is 1.59. The molecule has 0 aliphatic carbocycles. The van der Waals surface area contributed by atoms with E-state index in [1.165, 1.54) is 12.3 Å². The van der Waals surface area contributed by atoms with Gasteiger partial charge in [0.1, 0.15) is 5.82 Å². The van der Waals surface area contributed by atoms with E-state index in [1.807, 2.05) is 0 Å². The van der Waals surface area contributed by atoms with Crippen molar-refractivity contribution in [1.29, 1.82) is 0 Å². The second-order valence-electron chi connectivity index (χ2n) is 3.50. The van der Waals surface area contributed by atoms with E-state index in [4.69, 9.17) is 10.5 Å². The summed E-state index contributed by atoms with van der Waals surface area (Å²) in [5.74, 6) is -0.330. The van der Waals surface area contributed by atoms with Gasteiger partial charge < -0.3 is 15.8 Å². The molecule has 18 heavy (non-hydrogen) atoms. The maximum Gasteiger partial charge on any atom is 0.339 e. The third kappa shape index (κ3) is 4.33. The van der Waals surface area contributed by atoms with Crippen LogP contribution in [0.3, 0.4) is 0 Å². The summed E-state index contributed by atoms with van der Waals surface area (Å²) in [6.45, 7) is 0.181. The number of nitrogens with zero attached hydrogens (tertiary/aromatic N) is 1. The summed E-state index contributed by atoms with van der Waals surface area (Å²) in [6, 6.07) is 1.44. The second kappa shape index (κ2) is 6.95. The lowest BCUT2D eigenvalue weighted by molar-refractivity contribution is -0.120. The summed E-state index contributed by atoms with van der Waals surface area (Å²) in [4.78, 5) is 26.5. The zero-order valence-corrected chi connectivity index (χ0v) is 11.5. The van der Waals surface area contributed by atoms with Crippen molar-refractivity contribution in [3.8, 4) is 0 Å². The lowest BCUT2D eigenvalue weighted by Crippen LogP contribution is -2.18. The number of nitrogens with one attached hydrogen (secondary N) is 1. The number of rotatable bonds is 5. The minimum Gasteiger partial charge on any atom is -0.462 e. The van der Waals surface area contributed by atoms with Crippen LogP contribution in [0.25, 0.3) is 0 Å². The Morgan fingerprint density at radius 1 is 1.56 bits per heavy atom. The summed E-state index contributed by atoms with van der Waals surface area (Å²) in [6.07, 6.45) is 2.24. The number of carbonyl (C=O) groups is 2. The zero-order valence-electron chi connectivity index (χ0n) is 9.90. The maximum atomic E-state index is 11.7. The lowest BCUT2D eigenvalue weighted by atomic mass is 10.2. The molecule has 0 fully saturated rings. The third-order valence-electron chi connectivity index (χ3n) is 2.16. The maximum absolute atomic E-state index is 11.7. The minimum atomic E-state index is -0.493. The van der Waals surface area contributed by atoms with E-state index in [1.54, 1.807) is 7.05 Å². The lowest BCUT2D eigenvalue weighted by Gasteiger charge is -2.06. The Morgan fingerprint density at radius 3 is 2.94 bits per heavy atom. The number of carbonyl (C=O) groups excluding carboxylic acids is 2. The van der Waals surface area contributed by atoms with Crippen LogP contribution in [0.1, 0.15) is 23.2 Å². The van der Waals surface area contributed by atoms with Crippen molar-refractivity contribution < 1.29 is 14.3 Å². The Kier molecular flexibility index (Phi) is 5.57. The number of ether oxygens (including phenoxy) is 1. The molecule has 0 spiro atoms. The first kappa shape index (κ1) is 14.4. The van der Waals surface area contributed by atoms with Crippen molar-refractivity contribution in [3.63, 3.8) is 0 Å². The average molecular weight is 316 g/mol. The summed E-state index contributed by atoms with van der Waals surface area (Å²) < 4.78 is 5.55. The zero-order chi connectivity index (χ0) is 13.5. The predicted molar refractivity (Wildman–Crippen MR) is 69.9 cm³/mol. The van der Waals surface area contributed by atoms with Crippen LogP contribution in [0.5, 0.6) is 0 Å². The number of pyridine rings is 1. The number of amides is 1. The van der Waals surface area contributed by atoms with E-state index < -0.39 is 5.97 Å². The Balaban J connectivity index is 2.46. The Hall–Kier alpha value is -1.63. The molecule has 0 saturated carbocycles. The molecular weight excluding hydrogens is 302 g/mol. The van der Waals surface area contributed by atoms with Crippen molar-refractivity contribution in [2.45, 2.75) is 12.8 Å². The number of halogens is 1. The summed E-state index contributed by atoms with van der Waals surface area (Å²) in [5, 5.41) is 2.49. The number of hydrogen-bond acceptors (Lipinski definition) is 5. The Morgan fingerprint density at radius 2 is 2.28 bits per heavy atom. The SMILES string of the molecule is CNC(=O)CCCOC(=O)c1cc(N)ncc1Br. The molecule has 7 heteroatoms. The quantitative estimate of drug-likeness (QED) is 0.627. The molecule has 6 nitrogen and oxygen atoms in total. The Bertz CT molecular complexity index is 451. The fourth-order valence-electron chi connectivity index (χ4n) is 1.21. The average Bonchev–Trinajstić information content (AvgIpc) is 2.36. The van der Waals surface area contributed by atoms with Crippen LogP contribution in [-0.2, 0) is 9.53 Å². The highest BCUT2D eigenvalue weighted by Gasteiger charge is 2.12. The molecule has 0 aliphatic rings. The van der Waals surface area contributed by atoms with Gasteiger partial charge in [0.2, 0.25) is 5.91 Å². The highest BCUT2D eigenvalue weighted by molar-refractivity contribution is 9.10. The normalized spacial score (nSPS) is 9.89. The van der Waals surface area contributed by atoms with Crippen LogP contribution < -0.4 is 11.1 Å². The first-order chi connectivity index (χ1) is 8.54. The number of aromatic nitrogens is 1. The van der Waals surface area contributed by atoms with Crippen molar-refractivity contribution in [1.82, 2.24) is 10.3 Å². The molecule has 3 N–H and O–H groups in total. The van der Waals surface area contributed by atoms with Gasteiger partial charge in [-0.3, -0.25) is 4.79 Å². The third-order valence-corrected chi connectivity index (χ3v) is 2.79. The minimum absolute atomic E-state index is 0.0830. The van der Waals surface area contributed by atoms with Gasteiger partial charge in [-0.2, -0.15) is 0 Å². The highest BCUT2D eigenvalue weighted by atomic mass is 79.9. The first-order valence-corrected chi connectivity index (χ1v) is 6.12. The summed E-state index contributed by atoms with van der Waals surface area (Å²) in [7, 11) is 1.56. The molecule has 0 aromatic carbocycles. The van der Waals surface area contributed by atoms with E-state index in [-0.39, 0.29) is 18.3 Å². The number of nitrogens with two attached hydrogens (primary N) is 1. The van der Waals surface area contributed by atoms with Gasteiger partial charge >= 0.3 is 5.97 Å². The van der Waals surface area contributed by atoms with Gasteiger partial charge in [-0.15, -0.1) is 0 Å². The molecule has 98 valence electrons. The van der Waals surface area contributed by atoms with Crippen LogP contribution >= 0.6 is 15.9 Å². The van der Waals surface area contributed by atoms with Gasteiger partial charge in [-0.25, -0.2) is 9.78 Å². The smallest absolute Gasteiger partial charge is 0.339 e. The number of hydrogen-bond donors (Lipinski definition) is 2. The number of esters is 1. The van der Waals surface area contributed by atoms with E-state index in [0.717, 1.165) is 0 Å². The number of anilines is 1. The van der Waals surface area contributed by atoms with Gasteiger partial charge in [0.05, 0.1) is 16.6 Å². The van der Waals surface area contributed by atoms with Crippen LogP contribution in [0.2, 0.25) is 0 Å². The van der Waals surface area contributed by atoms with Gasteiger partial charge in [0.15, 0.2) is 0 Å². The van der Waals surface area contributed by atoms with E-state index in [2.05, 4.69) is 26.2 Å².